The quantitative estimate of drug-likeness (QED) is 0.412. The van der Waals surface area contributed by atoms with Gasteiger partial charge in [0.05, 0.1) is 7.11 Å². The number of methoxy groups -OCH3 is 1. The maximum absolute atomic E-state index is 10.7. The summed E-state index contributed by atoms with van der Waals surface area (Å²) in [5.41, 5.74) is 0. The van der Waals surface area contributed by atoms with Crippen molar-refractivity contribution in [2.45, 2.75) is 6.04 Å². The maximum atomic E-state index is 10.7. The van der Waals surface area contributed by atoms with Gasteiger partial charge in [0.2, 0.25) is 0 Å². The second-order valence-electron chi connectivity index (χ2n) is 1.73. The molecule has 54 valence electrons. The molecule has 5 heteroatoms. The first-order valence-electron chi connectivity index (χ1n) is 2.66. The molecule has 0 saturated carbocycles. The first-order valence-corrected chi connectivity index (χ1v) is 3.07. The zero-order chi connectivity index (χ0) is 7.56. The third-order valence-electron chi connectivity index (χ3n) is 1.07. The van der Waals surface area contributed by atoms with Crippen LogP contribution in [0.2, 0.25) is 0 Å². The lowest BCUT2D eigenvalue weighted by atomic mass is 10.3. The minimum atomic E-state index is -0.488. The summed E-state index contributed by atoms with van der Waals surface area (Å²) in [6.07, 6.45) is 1.42. The van der Waals surface area contributed by atoms with E-state index in [0.29, 0.717) is 5.11 Å². The van der Waals surface area contributed by atoms with Gasteiger partial charge in [-0.25, -0.2) is 9.79 Å². The van der Waals surface area contributed by atoms with Gasteiger partial charge in [-0.1, -0.05) is 0 Å². The Bertz CT molecular complexity index is 202. The molecule has 0 bridgehead atoms. The van der Waals surface area contributed by atoms with E-state index in [1.54, 1.807) is 0 Å². The molecule has 1 N–H and O–H groups in total. The topological polar surface area (TPSA) is 50.7 Å². The van der Waals surface area contributed by atoms with Crippen LogP contribution in [-0.4, -0.2) is 30.4 Å². The Kier molecular flexibility index (Phi) is 1.96. The van der Waals surface area contributed by atoms with Crippen LogP contribution >= 0.6 is 12.2 Å². The van der Waals surface area contributed by atoms with Crippen LogP contribution in [0, 0.1) is 0 Å². The molecule has 0 aromatic heterocycles. The molecule has 0 spiro atoms. The highest BCUT2D eigenvalue weighted by atomic mass is 32.1. The molecule has 1 unspecified atom stereocenters. The highest BCUT2D eigenvalue weighted by Crippen LogP contribution is 1.93. The summed E-state index contributed by atoms with van der Waals surface area (Å²) in [4.78, 5) is 14.4. The molecule has 1 aliphatic rings. The van der Waals surface area contributed by atoms with Gasteiger partial charge < -0.3 is 10.1 Å². The fraction of sp³-hybridized carbons (Fsp3) is 0.400. The number of carbonyl (C=O) groups is 1. The predicted octanol–water partition coefficient (Wildman–Crippen LogP) is -0.513. The van der Waals surface area contributed by atoms with Crippen molar-refractivity contribution in [3.63, 3.8) is 0 Å². The van der Waals surface area contributed by atoms with Gasteiger partial charge in [-0.15, -0.1) is 0 Å². The van der Waals surface area contributed by atoms with Crippen molar-refractivity contribution in [3.8, 4) is 0 Å². The van der Waals surface area contributed by atoms with Gasteiger partial charge in [-0.05, 0) is 12.2 Å². The van der Waals surface area contributed by atoms with E-state index in [4.69, 9.17) is 0 Å². The van der Waals surface area contributed by atoms with Gasteiger partial charge in [0.25, 0.3) is 0 Å². The van der Waals surface area contributed by atoms with E-state index >= 15 is 0 Å². The van der Waals surface area contributed by atoms with Crippen molar-refractivity contribution in [3.05, 3.63) is 0 Å². The summed E-state index contributed by atoms with van der Waals surface area (Å²) in [6.45, 7) is 0. The van der Waals surface area contributed by atoms with Crippen molar-refractivity contribution < 1.29 is 9.53 Å². The van der Waals surface area contributed by atoms with Crippen LogP contribution in [0.1, 0.15) is 0 Å². The summed E-state index contributed by atoms with van der Waals surface area (Å²) in [7, 11) is 1.32. The number of rotatable bonds is 1. The van der Waals surface area contributed by atoms with Crippen LogP contribution < -0.4 is 5.32 Å². The highest BCUT2D eigenvalue weighted by molar-refractivity contribution is 7.80. The standard InChI is InChI=1S/C5H6N2O2S/c1-9-4(8)3-2-6-5(10)7-3/h2-3H,1H3,(H,7,10). The second kappa shape index (κ2) is 2.74. The van der Waals surface area contributed by atoms with Gasteiger partial charge in [0.15, 0.2) is 11.2 Å². The highest BCUT2D eigenvalue weighted by Gasteiger charge is 2.21. The van der Waals surface area contributed by atoms with Gasteiger partial charge in [0, 0.05) is 6.21 Å². The number of thiocarbonyl (C=S) groups is 1. The Labute approximate surface area is 63.3 Å². The van der Waals surface area contributed by atoms with Crippen LogP contribution in [-0.2, 0) is 9.53 Å². The number of aliphatic imine (C=N–C) groups is 1. The minimum Gasteiger partial charge on any atom is -0.467 e. The molecule has 4 nitrogen and oxygen atoms in total. The molecule has 0 aromatic carbocycles. The van der Waals surface area contributed by atoms with Crippen molar-refractivity contribution in [1.29, 1.82) is 0 Å². The summed E-state index contributed by atoms with van der Waals surface area (Å²) < 4.78 is 4.43. The fourth-order valence-electron chi connectivity index (χ4n) is 0.597. The summed E-state index contributed by atoms with van der Waals surface area (Å²) >= 11 is 4.65. The number of carbonyl (C=O) groups excluding carboxylic acids is 1. The Morgan fingerprint density at radius 3 is 3.10 bits per heavy atom. The molecule has 1 rings (SSSR count). The van der Waals surface area contributed by atoms with Crippen LogP contribution in [0.15, 0.2) is 4.99 Å². The first-order chi connectivity index (χ1) is 4.74. The molecular formula is C5H6N2O2S. The predicted molar refractivity (Wildman–Crippen MR) is 40.0 cm³/mol. The van der Waals surface area contributed by atoms with Gasteiger partial charge >= 0.3 is 5.97 Å². The molecule has 0 fully saturated rings. The van der Waals surface area contributed by atoms with E-state index in [2.05, 4.69) is 27.3 Å². The van der Waals surface area contributed by atoms with Crippen molar-refractivity contribution in [2.24, 2.45) is 4.99 Å². The van der Waals surface area contributed by atoms with Crippen LogP contribution in [0.3, 0.4) is 0 Å². The first kappa shape index (κ1) is 7.14. The smallest absolute Gasteiger partial charge is 0.334 e. The molecule has 0 aliphatic carbocycles. The van der Waals surface area contributed by atoms with Crippen molar-refractivity contribution in [2.75, 3.05) is 7.11 Å². The molecule has 0 radical (unpaired) electrons. The van der Waals surface area contributed by atoms with Crippen LogP contribution in [0.25, 0.3) is 0 Å². The normalized spacial score (nSPS) is 22.5. The number of ether oxygens (including phenoxy) is 1. The molecule has 10 heavy (non-hydrogen) atoms. The Morgan fingerprint density at radius 1 is 2.00 bits per heavy atom. The lowest BCUT2D eigenvalue weighted by Crippen LogP contribution is -2.35. The summed E-state index contributed by atoms with van der Waals surface area (Å²) in [6, 6.07) is -0.488. The Hall–Kier alpha value is -0.970. The van der Waals surface area contributed by atoms with E-state index in [-0.39, 0.29) is 5.97 Å². The number of hydrogen-bond acceptors (Lipinski definition) is 3. The van der Waals surface area contributed by atoms with Gasteiger partial charge in [-0.2, -0.15) is 0 Å². The monoisotopic (exact) mass is 158 g/mol. The molecule has 1 atom stereocenters. The average Bonchev–Trinajstić information content (AvgIpc) is 2.34. The van der Waals surface area contributed by atoms with E-state index in [1.807, 2.05) is 0 Å². The molecule has 1 aliphatic heterocycles. The SMILES string of the molecule is COC(=O)C1C=NC(=S)N1. The zero-order valence-corrected chi connectivity index (χ0v) is 6.14. The van der Waals surface area contributed by atoms with Crippen molar-refractivity contribution in [1.82, 2.24) is 5.32 Å². The molecule has 0 amide bonds. The van der Waals surface area contributed by atoms with Crippen LogP contribution in [0.4, 0.5) is 0 Å². The molecule has 1 heterocycles. The van der Waals surface area contributed by atoms with E-state index in [1.165, 1.54) is 13.3 Å². The maximum Gasteiger partial charge on any atom is 0.334 e. The number of esters is 1. The Balaban J connectivity index is 2.54. The van der Waals surface area contributed by atoms with Crippen LogP contribution in [0.5, 0.6) is 0 Å². The lowest BCUT2D eigenvalue weighted by molar-refractivity contribution is -0.140. The third kappa shape index (κ3) is 1.30. The summed E-state index contributed by atoms with van der Waals surface area (Å²) in [5.74, 6) is -0.372. The molecule has 0 aromatic rings. The van der Waals surface area contributed by atoms with E-state index in [0.717, 1.165) is 0 Å². The largest absolute Gasteiger partial charge is 0.467 e. The van der Waals surface area contributed by atoms with Gasteiger partial charge in [-0.3, -0.25) is 0 Å². The van der Waals surface area contributed by atoms with E-state index in [9.17, 15) is 4.79 Å². The summed E-state index contributed by atoms with van der Waals surface area (Å²) in [5, 5.41) is 2.97. The fourth-order valence-corrected chi connectivity index (χ4v) is 0.784. The van der Waals surface area contributed by atoms with Crippen molar-refractivity contribution >= 4 is 29.5 Å². The van der Waals surface area contributed by atoms with E-state index < -0.39 is 6.04 Å². The lowest BCUT2D eigenvalue weighted by Gasteiger charge is -2.03. The zero-order valence-electron chi connectivity index (χ0n) is 5.33. The minimum absolute atomic E-state index is 0.329. The third-order valence-corrected chi connectivity index (χ3v) is 1.30. The molecule has 0 saturated heterocycles. The second-order valence-corrected chi connectivity index (χ2v) is 2.12. The Morgan fingerprint density at radius 2 is 2.70 bits per heavy atom. The molecular weight excluding hydrogens is 152 g/mol. The number of nitrogens with one attached hydrogen (secondary N) is 1. The van der Waals surface area contributed by atoms with Gasteiger partial charge in [0.1, 0.15) is 0 Å². The number of hydrogen-bond donors (Lipinski definition) is 1. The number of nitrogens with zero attached hydrogens (tertiary/aromatic N) is 1. The average molecular weight is 158 g/mol.